The second kappa shape index (κ2) is 7.17. The number of thioether (sulfide) groups is 1. The maximum absolute atomic E-state index is 12.0. The summed E-state index contributed by atoms with van der Waals surface area (Å²) in [5.74, 6) is 1.59. The van der Waals surface area contributed by atoms with Crippen LogP contribution in [0.2, 0.25) is 0 Å². The van der Waals surface area contributed by atoms with Crippen molar-refractivity contribution in [2.24, 2.45) is 0 Å². The summed E-state index contributed by atoms with van der Waals surface area (Å²) in [6.07, 6.45) is 4.70. The number of anilines is 1. The number of carbonyl (C=O) groups excluding carboxylic acids is 1. The minimum absolute atomic E-state index is 0.0731. The van der Waals surface area contributed by atoms with Crippen molar-refractivity contribution in [2.45, 2.75) is 19.4 Å². The van der Waals surface area contributed by atoms with E-state index in [4.69, 9.17) is 0 Å². The summed E-state index contributed by atoms with van der Waals surface area (Å²) < 4.78 is 0. The van der Waals surface area contributed by atoms with Gasteiger partial charge in [-0.15, -0.1) is 0 Å². The van der Waals surface area contributed by atoms with Crippen molar-refractivity contribution >= 4 is 23.5 Å². The van der Waals surface area contributed by atoms with Crippen LogP contribution in [0.25, 0.3) is 0 Å². The molecule has 0 bridgehead atoms. The van der Waals surface area contributed by atoms with Gasteiger partial charge in [0.25, 0.3) is 5.91 Å². The van der Waals surface area contributed by atoms with Crippen molar-refractivity contribution in [3.8, 4) is 0 Å². The first-order chi connectivity index (χ1) is 8.19. The zero-order valence-electron chi connectivity index (χ0n) is 10.5. The maximum atomic E-state index is 12.0. The molecule has 1 atom stereocenters. The molecule has 0 radical (unpaired) electrons. The fraction of sp³-hybridized carbons (Fsp3) is 0.500. The Balaban J connectivity index is 2.63. The highest BCUT2D eigenvalue weighted by molar-refractivity contribution is 7.98. The fourth-order valence-electron chi connectivity index (χ4n) is 1.46. The largest absolute Gasteiger partial charge is 0.372 e. The van der Waals surface area contributed by atoms with Crippen LogP contribution in [-0.4, -0.2) is 36.0 Å². The Hall–Kier alpha value is -1.23. The molecule has 1 aromatic rings. The minimum atomic E-state index is -0.0731. The molecule has 0 saturated heterocycles. The van der Waals surface area contributed by atoms with E-state index in [0.717, 1.165) is 12.2 Å². The van der Waals surface area contributed by atoms with E-state index < -0.39 is 0 Å². The van der Waals surface area contributed by atoms with Gasteiger partial charge in [-0.3, -0.25) is 4.79 Å². The zero-order chi connectivity index (χ0) is 12.7. The van der Waals surface area contributed by atoms with Crippen molar-refractivity contribution in [2.75, 3.05) is 24.4 Å². The van der Waals surface area contributed by atoms with Gasteiger partial charge in [-0.25, -0.2) is 4.98 Å². The summed E-state index contributed by atoms with van der Waals surface area (Å²) in [6.45, 7) is 2.02. The van der Waals surface area contributed by atoms with Crippen LogP contribution in [0.5, 0.6) is 0 Å². The van der Waals surface area contributed by atoms with Gasteiger partial charge in [-0.1, -0.05) is 0 Å². The van der Waals surface area contributed by atoms with E-state index in [1.165, 1.54) is 0 Å². The maximum Gasteiger partial charge on any atom is 0.255 e. The molecule has 4 nitrogen and oxygen atoms in total. The standard InChI is InChI=1S/C12H19N3OS/c1-9(6-8-17-3)15-12(16)10-5-4-7-14-11(10)13-2/h4-5,7,9H,6,8H2,1-3H3,(H,13,14)(H,15,16). The second-order valence-corrected chi connectivity index (χ2v) is 4.79. The first-order valence-corrected chi connectivity index (χ1v) is 7.01. The molecule has 5 heteroatoms. The Morgan fingerprint density at radius 1 is 1.59 bits per heavy atom. The quantitative estimate of drug-likeness (QED) is 0.814. The van der Waals surface area contributed by atoms with Crippen molar-refractivity contribution in [3.63, 3.8) is 0 Å². The van der Waals surface area contributed by atoms with Crippen molar-refractivity contribution < 1.29 is 4.79 Å². The van der Waals surface area contributed by atoms with E-state index in [0.29, 0.717) is 11.4 Å². The lowest BCUT2D eigenvalue weighted by atomic mass is 10.2. The molecule has 94 valence electrons. The Labute approximate surface area is 107 Å². The van der Waals surface area contributed by atoms with E-state index in [9.17, 15) is 4.79 Å². The molecule has 2 N–H and O–H groups in total. The summed E-state index contributed by atoms with van der Waals surface area (Å²) >= 11 is 1.78. The molecule has 0 aromatic carbocycles. The average molecular weight is 253 g/mol. The van der Waals surface area contributed by atoms with Gasteiger partial charge in [0.15, 0.2) is 0 Å². The van der Waals surface area contributed by atoms with Gasteiger partial charge < -0.3 is 10.6 Å². The molecule has 17 heavy (non-hydrogen) atoms. The number of amides is 1. The van der Waals surface area contributed by atoms with Gasteiger partial charge in [0.1, 0.15) is 5.82 Å². The third kappa shape index (κ3) is 4.26. The molecular formula is C12H19N3OS. The molecule has 0 aliphatic rings. The number of hydrogen-bond donors (Lipinski definition) is 2. The number of rotatable bonds is 6. The Bertz CT molecular complexity index is 371. The van der Waals surface area contributed by atoms with E-state index in [1.807, 2.05) is 6.92 Å². The first-order valence-electron chi connectivity index (χ1n) is 5.61. The van der Waals surface area contributed by atoms with Crippen LogP contribution in [0.1, 0.15) is 23.7 Å². The number of aromatic nitrogens is 1. The van der Waals surface area contributed by atoms with Crippen LogP contribution < -0.4 is 10.6 Å². The molecule has 1 amide bonds. The molecule has 0 spiro atoms. The van der Waals surface area contributed by atoms with Crippen molar-refractivity contribution in [3.05, 3.63) is 23.9 Å². The summed E-state index contributed by atoms with van der Waals surface area (Å²) in [7, 11) is 1.76. The first kappa shape index (κ1) is 13.8. The van der Waals surface area contributed by atoms with Gasteiger partial charge in [0.2, 0.25) is 0 Å². The molecule has 1 heterocycles. The predicted octanol–water partition coefficient (Wildman–Crippen LogP) is 1.99. The van der Waals surface area contributed by atoms with Crippen LogP contribution in [0.4, 0.5) is 5.82 Å². The van der Waals surface area contributed by atoms with Gasteiger partial charge in [-0.2, -0.15) is 11.8 Å². The number of pyridine rings is 1. The van der Waals surface area contributed by atoms with Crippen LogP contribution in [0.15, 0.2) is 18.3 Å². The monoisotopic (exact) mass is 253 g/mol. The van der Waals surface area contributed by atoms with E-state index in [2.05, 4.69) is 21.9 Å². The van der Waals surface area contributed by atoms with E-state index in [-0.39, 0.29) is 11.9 Å². The number of nitrogens with zero attached hydrogens (tertiary/aromatic N) is 1. The topological polar surface area (TPSA) is 54.0 Å². The summed E-state index contributed by atoms with van der Waals surface area (Å²) in [6, 6.07) is 3.72. The second-order valence-electron chi connectivity index (χ2n) is 3.81. The van der Waals surface area contributed by atoms with Crippen LogP contribution >= 0.6 is 11.8 Å². The summed E-state index contributed by atoms with van der Waals surface area (Å²) in [5.41, 5.74) is 0.589. The molecule has 1 unspecified atom stereocenters. The van der Waals surface area contributed by atoms with Crippen molar-refractivity contribution in [1.82, 2.24) is 10.3 Å². The normalized spacial score (nSPS) is 11.9. The van der Waals surface area contributed by atoms with Crippen LogP contribution in [0.3, 0.4) is 0 Å². The number of carbonyl (C=O) groups is 1. The van der Waals surface area contributed by atoms with Gasteiger partial charge in [-0.05, 0) is 37.5 Å². The molecule has 0 aliphatic carbocycles. The van der Waals surface area contributed by atoms with Gasteiger partial charge in [0.05, 0.1) is 5.56 Å². The molecule has 0 saturated carbocycles. The van der Waals surface area contributed by atoms with E-state index >= 15 is 0 Å². The van der Waals surface area contributed by atoms with Gasteiger partial charge >= 0.3 is 0 Å². The Morgan fingerprint density at radius 3 is 3.00 bits per heavy atom. The van der Waals surface area contributed by atoms with Gasteiger partial charge in [0, 0.05) is 19.3 Å². The minimum Gasteiger partial charge on any atom is -0.372 e. The third-order valence-electron chi connectivity index (χ3n) is 2.42. The lowest BCUT2D eigenvalue weighted by Gasteiger charge is -2.14. The van der Waals surface area contributed by atoms with E-state index in [1.54, 1.807) is 37.1 Å². The fourth-order valence-corrected chi connectivity index (χ4v) is 2.05. The summed E-state index contributed by atoms with van der Waals surface area (Å²) in [4.78, 5) is 16.1. The highest BCUT2D eigenvalue weighted by Crippen LogP contribution is 2.11. The highest BCUT2D eigenvalue weighted by atomic mass is 32.2. The third-order valence-corrected chi connectivity index (χ3v) is 3.07. The molecule has 0 fully saturated rings. The van der Waals surface area contributed by atoms with Crippen molar-refractivity contribution in [1.29, 1.82) is 0 Å². The zero-order valence-corrected chi connectivity index (χ0v) is 11.3. The molecular weight excluding hydrogens is 234 g/mol. The van der Waals surface area contributed by atoms with Crippen LogP contribution in [0, 0.1) is 0 Å². The lowest BCUT2D eigenvalue weighted by Crippen LogP contribution is -2.33. The number of hydrogen-bond acceptors (Lipinski definition) is 4. The lowest BCUT2D eigenvalue weighted by molar-refractivity contribution is 0.0940. The highest BCUT2D eigenvalue weighted by Gasteiger charge is 2.13. The average Bonchev–Trinajstić information content (AvgIpc) is 2.36. The number of nitrogens with one attached hydrogen (secondary N) is 2. The molecule has 1 rings (SSSR count). The molecule has 1 aromatic heterocycles. The SMILES string of the molecule is CNc1ncccc1C(=O)NC(C)CCSC. The Kier molecular flexibility index (Phi) is 5.83. The Morgan fingerprint density at radius 2 is 2.35 bits per heavy atom. The summed E-state index contributed by atoms with van der Waals surface area (Å²) in [5, 5.41) is 5.89. The predicted molar refractivity (Wildman–Crippen MR) is 73.7 cm³/mol. The molecule has 0 aliphatic heterocycles. The van der Waals surface area contributed by atoms with Crippen LogP contribution in [-0.2, 0) is 0 Å². The smallest absolute Gasteiger partial charge is 0.255 e.